The zero-order valence-corrected chi connectivity index (χ0v) is 11.8. The first kappa shape index (κ1) is 14.7. The number of nitro benzene ring substituents is 1. The minimum Gasteiger partial charge on any atom is -0.398 e. The molecular formula is C11H16N4O4S. The molecule has 9 heteroatoms. The van der Waals surface area contributed by atoms with E-state index in [1.54, 1.807) is 0 Å². The highest BCUT2D eigenvalue weighted by molar-refractivity contribution is 7.89. The van der Waals surface area contributed by atoms with E-state index in [2.05, 4.69) is 4.72 Å². The number of nitrogens with zero attached hydrogens (tertiary/aromatic N) is 2. The van der Waals surface area contributed by atoms with Crippen LogP contribution in [-0.4, -0.2) is 44.4 Å². The molecule has 0 amide bonds. The fourth-order valence-electron chi connectivity index (χ4n) is 2.18. The summed E-state index contributed by atoms with van der Waals surface area (Å²) >= 11 is 0. The molecule has 0 bridgehead atoms. The van der Waals surface area contributed by atoms with Crippen LogP contribution in [0.25, 0.3) is 0 Å². The molecule has 20 heavy (non-hydrogen) atoms. The normalized spacial score (nSPS) is 20.1. The lowest BCUT2D eigenvalue weighted by atomic mass is 10.3. The molecular weight excluding hydrogens is 284 g/mol. The maximum absolute atomic E-state index is 12.3. The molecule has 1 atom stereocenters. The van der Waals surface area contributed by atoms with Crippen LogP contribution in [-0.2, 0) is 10.0 Å². The van der Waals surface area contributed by atoms with E-state index in [0.29, 0.717) is 13.0 Å². The second kappa shape index (κ2) is 5.35. The lowest BCUT2D eigenvalue weighted by Gasteiger charge is -2.14. The van der Waals surface area contributed by atoms with Crippen molar-refractivity contribution in [2.24, 2.45) is 0 Å². The van der Waals surface area contributed by atoms with Crippen molar-refractivity contribution in [2.45, 2.75) is 17.4 Å². The lowest BCUT2D eigenvalue weighted by Crippen LogP contribution is -2.36. The monoisotopic (exact) mass is 300 g/mol. The second-order valence-corrected chi connectivity index (χ2v) is 6.53. The minimum absolute atomic E-state index is 0.00514. The van der Waals surface area contributed by atoms with Crippen LogP contribution in [0.15, 0.2) is 23.1 Å². The molecule has 0 saturated carbocycles. The van der Waals surface area contributed by atoms with Crippen molar-refractivity contribution in [1.82, 2.24) is 9.62 Å². The quantitative estimate of drug-likeness (QED) is 0.464. The molecule has 1 unspecified atom stereocenters. The predicted molar refractivity (Wildman–Crippen MR) is 73.7 cm³/mol. The van der Waals surface area contributed by atoms with E-state index < -0.39 is 14.9 Å². The van der Waals surface area contributed by atoms with Gasteiger partial charge < -0.3 is 10.6 Å². The van der Waals surface area contributed by atoms with E-state index >= 15 is 0 Å². The third-order valence-electron chi connectivity index (χ3n) is 3.21. The smallest absolute Gasteiger partial charge is 0.270 e. The third-order valence-corrected chi connectivity index (χ3v) is 4.79. The van der Waals surface area contributed by atoms with Gasteiger partial charge in [0.1, 0.15) is 4.90 Å². The number of nitro groups is 1. The highest BCUT2D eigenvalue weighted by Crippen LogP contribution is 2.24. The summed E-state index contributed by atoms with van der Waals surface area (Å²) in [4.78, 5) is 11.8. The molecule has 1 aromatic rings. The lowest BCUT2D eigenvalue weighted by molar-refractivity contribution is -0.385. The van der Waals surface area contributed by atoms with Crippen molar-refractivity contribution in [3.8, 4) is 0 Å². The fraction of sp³-hybridized carbons (Fsp3) is 0.455. The van der Waals surface area contributed by atoms with Crippen LogP contribution in [0.4, 0.5) is 11.4 Å². The molecule has 1 heterocycles. The van der Waals surface area contributed by atoms with Crippen LogP contribution in [0.5, 0.6) is 0 Å². The maximum Gasteiger partial charge on any atom is 0.270 e. The van der Waals surface area contributed by atoms with Gasteiger partial charge in [0, 0.05) is 24.7 Å². The highest BCUT2D eigenvalue weighted by atomic mass is 32.2. The van der Waals surface area contributed by atoms with Crippen molar-refractivity contribution >= 4 is 21.4 Å². The molecule has 0 spiro atoms. The first-order valence-corrected chi connectivity index (χ1v) is 7.53. The van der Waals surface area contributed by atoms with Gasteiger partial charge in [-0.25, -0.2) is 13.1 Å². The summed E-state index contributed by atoms with van der Waals surface area (Å²) in [6.07, 6.45) is 0.699. The summed E-state index contributed by atoms with van der Waals surface area (Å²) in [6, 6.07) is 3.19. The Morgan fingerprint density at radius 3 is 2.75 bits per heavy atom. The first-order valence-electron chi connectivity index (χ1n) is 6.04. The Morgan fingerprint density at radius 2 is 2.20 bits per heavy atom. The highest BCUT2D eigenvalue weighted by Gasteiger charge is 2.27. The molecule has 1 saturated heterocycles. The van der Waals surface area contributed by atoms with Gasteiger partial charge in [-0.3, -0.25) is 10.1 Å². The zero-order valence-electron chi connectivity index (χ0n) is 10.9. The number of non-ortho nitro benzene ring substituents is 1. The number of likely N-dealkylation sites (N-methyl/N-ethyl adjacent to an activating group) is 1. The average Bonchev–Trinajstić information content (AvgIpc) is 2.73. The van der Waals surface area contributed by atoms with Crippen molar-refractivity contribution in [3.63, 3.8) is 0 Å². The van der Waals surface area contributed by atoms with Crippen molar-refractivity contribution < 1.29 is 13.3 Å². The number of rotatable bonds is 4. The summed E-state index contributed by atoms with van der Waals surface area (Å²) in [6.45, 7) is 1.41. The fourth-order valence-corrected chi connectivity index (χ4v) is 3.60. The molecule has 1 aromatic carbocycles. The average molecular weight is 300 g/mol. The van der Waals surface area contributed by atoms with E-state index in [0.717, 1.165) is 12.6 Å². The molecule has 0 aliphatic carbocycles. The van der Waals surface area contributed by atoms with Crippen LogP contribution >= 0.6 is 0 Å². The molecule has 1 aliphatic heterocycles. The number of nitrogens with two attached hydrogens (primary N) is 1. The molecule has 8 nitrogen and oxygen atoms in total. The number of nitrogens with one attached hydrogen (secondary N) is 1. The van der Waals surface area contributed by atoms with Gasteiger partial charge in [0.05, 0.1) is 10.6 Å². The number of nitrogen functional groups attached to an aromatic ring is 1. The minimum atomic E-state index is -3.86. The third kappa shape index (κ3) is 3.06. The SMILES string of the molecule is CN1CCC(NS(=O)(=O)c2cc([N+](=O)[O-])ccc2N)C1. The summed E-state index contributed by atoms with van der Waals surface area (Å²) < 4.78 is 27.1. The van der Waals surface area contributed by atoms with Gasteiger partial charge in [0.2, 0.25) is 10.0 Å². The molecule has 0 radical (unpaired) electrons. The van der Waals surface area contributed by atoms with Gasteiger partial charge in [0.15, 0.2) is 0 Å². The standard InChI is InChI=1S/C11H16N4O4S/c1-14-5-4-8(7-14)13-20(18,19)11-6-9(15(16)17)2-3-10(11)12/h2-3,6,8,13H,4-5,7,12H2,1H3. The van der Waals surface area contributed by atoms with Gasteiger partial charge in [-0.2, -0.15) is 0 Å². The Balaban J connectivity index is 2.29. The molecule has 110 valence electrons. The zero-order chi connectivity index (χ0) is 14.9. The summed E-state index contributed by atoms with van der Waals surface area (Å²) in [5, 5.41) is 10.7. The van der Waals surface area contributed by atoms with E-state index in [4.69, 9.17) is 5.73 Å². The summed E-state index contributed by atoms with van der Waals surface area (Å²) in [5.74, 6) is 0. The number of hydrogen-bond donors (Lipinski definition) is 2. The topological polar surface area (TPSA) is 119 Å². The second-order valence-electron chi connectivity index (χ2n) is 4.85. The Labute approximate surface area is 116 Å². The van der Waals surface area contributed by atoms with E-state index in [1.165, 1.54) is 12.1 Å². The number of hydrogen-bond acceptors (Lipinski definition) is 6. The van der Waals surface area contributed by atoms with Crippen LogP contribution in [0.1, 0.15) is 6.42 Å². The van der Waals surface area contributed by atoms with Gasteiger partial charge in [0.25, 0.3) is 5.69 Å². The summed E-state index contributed by atoms with van der Waals surface area (Å²) in [7, 11) is -1.96. The van der Waals surface area contributed by atoms with Gasteiger partial charge >= 0.3 is 0 Å². The summed E-state index contributed by atoms with van der Waals surface area (Å²) in [5.41, 5.74) is 5.32. The molecule has 1 fully saturated rings. The first-order chi connectivity index (χ1) is 9.29. The Kier molecular flexibility index (Phi) is 3.93. The molecule has 3 N–H and O–H groups in total. The number of sulfonamides is 1. The molecule has 1 aliphatic rings. The van der Waals surface area contributed by atoms with Gasteiger partial charge in [-0.1, -0.05) is 0 Å². The van der Waals surface area contributed by atoms with Crippen molar-refractivity contribution in [1.29, 1.82) is 0 Å². The maximum atomic E-state index is 12.3. The number of anilines is 1. The largest absolute Gasteiger partial charge is 0.398 e. The Bertz CT molecular complexity index is 631. The predicted octanol–water partition coefficient (Wildman–Crippen LogP) is 0.159. The van der Waals surface area contributed by atoms with Crippen LogP contribution in [0, 0.1) is 10.1 Å². The van der Waals surface area contributed by atoms with E-state index in [1.807, 2.05) is 11.9 Å². The number of likely N-dealkylation sites (tertiary alicyclic amines) is 1. The molecule has 0 aromatic heterocycles. The van der Waals surface area contributed by atoms with E-state index in [-0.39, 0.29) is 22.3 Å². The Hall–Kier alpha value is -1.71. The molecule has 2 rings (SSSR count). The van der Waals surface area contributed by atoms with E-state index in [9.17, 15) is 18.5 Å². The van der Waals surface area contributed by atoms with Gasteiger partial charge in [-0.15, -0.1) is 0 Å². The number of benzene rings is 1. The van der Waals surface area contributed by atoms with Crippen LogP contribution in [0.2, 0.25) is 0 Å². The van der Waals surface area contributed by atoms with Crippen LogP contribution < -0.4 is 10.5 Å². The van der Waals surface area contributed by atoms with Gasteiger partial charge in [-0.05, 0) is 26.1 Å². The van der Waals surface area contributed by atoms with Crippen LogP contribution in [0.3, 0.4) is 0 Å². The van der Waals surface area contributed by atoms with Crippen molar-refractivity contribution in [3.05, 3.63) is 28.3 Å². The Morgan fingerprint density at radius 1 is 1.50 bits per heavy atom. The van der Waals surface area contributed by atoms with Crippen molar-refractivity contribution in [2.75, 3.05) is 25.9 Å².